The zero-order chi connectivity index (χ0) is 15.9. The average molecular weight is 369 g/mol. The molecule has 0 saturated carbocycles. The molecule has 5 heteroatoms. The number of hydrogen-bond acceptors (Lipinski definition) is 3. The fourth-order valence-corrected chi connectivity index (χ4v) is 3.46. The van der Waals surface area contributed by atoms with Gasteiger partial charge in [-0.2, -0.15) is 0 Å². The molecule has 0 spiro atoms. The highest BCUT2D eigenvalue weighted by atomic mass is 79.9. The third kappa shape index (κ3) is 4.46. The van der Waals surface area contributed by atoms with Crippen molar-refractivity contribution in [1.82, 2.24) is 10.2 Å². The number of ether oxygens (including phenoxy) is 1. The number of likely N-dealkylation sites (tertiary alicyclic amines) is 1. The number of piperidine rings is 1. The fraction of sp³-hybridized carbons (Fsp3) is 0.588. The van der Waals surface area contributed by atoms with Gasteiger partial charge >= 0.3 is 0 Å². The summed E-state index contributed by atoms with van der Waals surface area (Å²) in [5.74, 6) is 0.631. The van der Waals surface area contributed by atoms with E-state index in [9.17, 15) is 4.79 Å². The van der Waals surface area contributed by atoms with Crippen LogP contribution in [-0.2, 0) is 0 Å². The van der Waals surface area contributed by atoms with Crippen molar-refractivity contribution < 1.29 is 9.53 Å². The lowest BCUT2D eigenvalue weighted by molar-refractivity contribution is 0.0933. The molecule has 0 radical (unpaired) electrons. The first-order valence-electron chi connectivity index (χ1n) is 8.01. The molecule has 1 fully saturated rings. The molecule has 1 atom stereocenters. The molecular weight excluding hydrogens is 344 g/mol. The van der Waals surface area contributed by atoms with Crippen LogP contribution in [0.4, 0.5) is 0 Å². The van der Waals surface area contributed by atoms with Crippen LogP contribution < -0.4 is 10.1 Å². The molecule has 1 aromatic carbocycles. The minimum atomic E-state index is -0.0594. The average Bonchev–Trinajstić information content (AvgIpc) is 2.55. The number of amides is 1. The van der Waals surface area contributed by atoms with Crippen LogP contribution in [0.25, 0.3) is 0 Å². The molecule has 1 aliphatic heterocycles. The Labute approximate surface area is 141 Å². The molecule has 1 amide bonds. The summed E-state index contributed by atoms with van der Waals surface area (Å²) in [4.78, 5) is 14.8. The van der Waals surface area contributed by atoms with Gasteiger partial charge in [0.15, 0.2) is 0 Å². The quantitative estimate of drug-likeness (QED) is 0.835. The standard InChI is InChI=1S/C17H25BrN2O2/c1-3-13-6-4-5-10-20(13)11-9-19-17(21)15-12-14(22-2)7-8-16(15)18/h7-8,12-13H,3-6,9-11H2,1-2H3,(H,19,21). The number of carbonyl (C=O) groups excluding carboxylic acids is 1. The number of nitrogens with zero attached hydrogens (tertiary/aromatic N) is 1. The van der Waals surface area contributed by atoms with Gasteiger partial charge < -0.3 is 10.1 Å². The maximum Gasteiger partial charge on any atom is 0.252 e. The Kier molecular flexibility index (Phi) is 6.70. The fourth-order valence-electron chi connectivity index (χ4n) is 3.03. The number of methoxy groups -OCH3 is 1. The smallest absolute Gasteiger partial charge is 0.252 e. The van der Waals surface area contributed by atoms with E-state index in [-0.39, 0.29) is 5.91 Å². The summed E-state index contributed by atoms with van der Waals surface area (Å²) in [5.41, 5.74) is 0.616. The molecule has 2 rings (SSSR count). The van der Waals surface area contributed by atoms with Crippen LogP contribution in [0.5, 0.6) is 5.75 Å². The summed E-state index contributed by atoms with van der Waals surface area (Å²) in [6, 6.07) is 6.11. The van der Waals surface area contributed by atoms with E-state index in [0.717, 1.165) is 17.6 Å². The van der Waals surface area contributed by atoms with Gasteiger partial charge in [-0.05, 0) is 59.9 Å². The predicted molar refractivity (Wildman–Crippen MR) is 92.5 cm³/mol. The lowest BCUT2D eigenvalue weighted by Crippen LogP contribution is -2.43. The number of nitrogens with one attached hydrogen (secondary N) is 1. The van der Waals surface area contributed by atoms with Gasteiger partial charge in [-0.3, -0.25) is 9.69 Å². The van der Waals surface area contributed by atoms with Gasteiger partial charge in [-0.25, -0.2) is 0 Å². The minimum Gasteiger partial charge on any atom is -0.497 e. The molecule has 1 saturated heterocycles. The van der Waals surface area contributed by atoms with E-state index in [0.29, 0.717) is 23.9 Å². The van der Waals surface area contributed by atoms with Gasteiger partial charge in [0.2, 0.25) is 0 Å². The molecular formula is C17H25BrN2O2. The monoisotopic (exact) mass is 368 g/mol. The summed E-state index contributed by atoms with van der Waals surface area (Å²) in [7, 11) is 1.60. The summed E-state index contributed by atoms with van der Waals surface area (Å²) >= 11 is 3.42. The molecule has 1 unspecified atom stereocenters. The maximum atomic E-state index is 12.3. The van der Waals surface area contributed by atoms with Crippen LogP contribution >= 0.6 is 15.9 Å². The maximum absolute atomic E-state index is 12.3. The van der Waals surface area contributed by atoms with Gasteiger partial charge in [0.25, 0.3) is 5.91 Å². The molecule has 0 bridgehead atoms. The van der Waals surface area contributed by atoms with Gasteiger partial charge in [-0.15, -0.1) is 0 Å². The van der Waals surface area contributed by atoms with Crippen molar-refractivity contribution >= 4 is 21.8 Å². The highest BCUT2D eigenvalue weighted by molar-refractivity contribution is 9.10. The Hall–Kier alpha value is -1.07. The molecule has 0 aromatic heterocycles. The largest absolute Gasteiger partial charge is 0.497 e. The van der Waals surface area contributed by atoms with E-state index in [1.54, 1.807) is 13.2 Å². The van der Waals surface area contributed by atoms with Gasteiger partial charge in [0.1, 0.15) is 5.75 Å². The molecule has 0 aliphatic carbocycles. The van der Waals surface area contributed by atoms with E-state index in [2.05, 4.69) is 33.1 Å². The second kappa shape index (κ2) is 8.53. The van der Waals surface area contributed by atoms with E-state index in [1.165, 1.54) is 25.7 Å². The van der Waals surface area contributed by atoms with Crippen LogP contribution in [0.2, 0.25) is 0 Å². The Morgan fingerprint density at radius 1 is 1.45 bits per heavy atom. The Bertz CT molecular complexity index is 507. The van der Waals surface area contributed by atoms with Gasteiger partial charge in [-0.1, -0.05) is 13.3 Å². The van der Waals surface area contributed by atoms with Crippen molar-refractivity contribution in [1.29, 1.82) is 0 Å². The van der Waals surface area contributed by atoms with Crippen LogP contribution in [0.15, 0.2) is 22.7 Å². The Balaban J connectivity index is 1.87. The van der Waals surface area contributed by atoms with E-state index < -0.39 is 0 Å². The predicted octanol–water partition coefficient (Wildman–Crippen LogP) is 3.45. The molecule has 22 heavy (non-hydrogen) atoms. The van der Waals surface area contributed by atoms with E-state index in [1.807, 2.05) is 12.1 Å². The third-order valence-electron chi connectivity index (χ3n) is 4.32. The lowest BCUT2D eigenvalue weighted by Gasteiger charge is -2.35. The Morgan fingerprint density at radius 3 is 3.00 bits per heavy atom. The first kappa shape index (κ1) is 17.3. The highest BCUT2D eigenvalue weighted by Gasteiger charge is 2.20. The van der Waals surface area contributed by atoms with Crippen molar-refractivity contribution in [2.75, 3.05) is 26.7 Å². The first-order valence-corrected chi connectivity index (χ1v) is 8.80. The van der Waals surface area contributed by atoms with Crippen molar-refractivity contribution in [3.63, 3.8) is 0 Å². The van der Waals surface area contributed by atoms with Crippen molar-refractivity contribution in [3.8, 4) is 5.75 Å². The molecule has 4 nitrogen and oxygen atoms in total. The molecule has 1 aromatic rings. The SMILES string of the molecule is CCC1CCCCN1CCNC(=O)c1cc(OC)ccc1Br. The molecule has 1 heterocycles. The molecule has 122 valence electrons. The normalized spacial score (nSPS) is 19.0. The van der Waals surface area contributed by atoms with Crippen molar-refractivity contribution in [3.05, 3.63) is 28.2 Å². The number of hydrogen-bond donors (Lipinski definition) is 1. The Morgan fingerprint density at radius 2 is 2.27 bits per heavy atom. The van der Waals surface area contributed by atoms with E-state index >= 15 is 0 Å². The topological polar surface area (TPSA) is 41.6 Å². The van der Waals surface area contributed by atoms with E-state index in [4.69, 9.17) is 4.74 Å². The van der Waals surface area contributed by atoms with Crippen molar-refractivity contribution in [2.45, 2.75) is 38.6 Å². The summed E-state index contributed by atoms with van der Waals surface area (Å²) in [6.45, 7) is 5.00. The van der Waals surface area contributed by atoms with Crippen LogP contribution in [-0.4, -0.2) is 43.6 Å². The number of halogens is 1. The molecule has 1 N–H and O–H groups in total. The van der Waals surface area contributed by atoms with Gasteiger partial charge in [0, 0.05) is 23.6 Å². The van der Waals surface area contributed by atoms with Crippen molar-refractivity contribution in [2.24, 2.45) is 0 Å². The first-order chi connectivity index (χ1) is 10.7. The summed E-state index contributed by atoms with van der Waals surface area (Å²) in [6.07, 6.45) is 5.07. The highest BCUT2D eigenvalue weighted by Crippen LogP contribution is 2.22. The van der Waals surface area contributed by atoms with Crippen LogP contribution in [0, 0.1) is 0 Å². The summed E-state index contributed by atoms with van der Waals surface area (Å²) < 4.78 is 5.97. The second-order valence-corrected chi connectivity index (χ2v) is 6.55. The zero-order valence-corrected chi connectivity index (χ0v) is 15.0. The molecule has 1 aliphatic rings. The minimum absolute atomic E-state index is 0.0594. The number of rotatable bonds is 6. The zero-order valence-electron chi connectivity index (χ0n) is 13.4. The third-order valence-corrected chi connectivity index (χ3v) is 5.01. The van der Waals surface area contributed by atoms with Crippen LogP contribution in [0.3, 0.4) is 0 Å². The lowest BCUT2D eigenvalue weighted by atomic mass is 10.0. The number of benzene rings is 1. The van der Waals surface area contributed by atoms with Gasteiger partial charge in [0.05, 0.1) is 12.7 Å². The number of carbonyl (C=O) groups is 1. The summed E-state index contributed by atoms with van der Waals surface area (Å²) in [5, 5.41) is 3.02. The van der Waals surface area contributed by atoms with Crippen LogP contribution in [0.1, 0.15) is 43.0 Å². The second-order valence-electron chi connectivity index (χ2n) is 5.70.